The Kier molecular flexibility index (Phi) is 5.00. The van der Waals surface area contributed by atoms with Gasteiger partial charge < -0.3 is 20.5 Å². The van der Waals surface area contributed by atoms with Gasteiger partial charge >= 0.3 is 12.1 Å². The van der Waals surface area contributed by atoms with E-state index in [2.05, 4.69) is 0 Å². The molecule has 2 aromatic rings. The molecule has 6 heteroatoms. The molecule has 3 rings (SSSR count). The monoisotopic (exact) mass is 340 g/mol. The van der Waals surface area contributed by atoms with E-state index in [0.29, 0.717) is 25.1 Å². The zero-order valence-corrected chi connectivity index (χ0v) is 13.7. The molecular weight excluding hydrogens is 320 g/mol. The highest BCUT2D eigenvalue weighted by Crippen LogP contribution is 2.26. The lowest BCUT2D eigenvalue weighted by atomic mass is 9.91. The van der Waals surface area contributed by atoms with E-state index in [1.54, 1.807) is 17.0 Å². The largest absolute Gasteiger partial charge is 0.480 e. The van der Waals surface area contributed by atoms with Gasteiger partial charge in [0.25, 0.3) is 0 Å². The quantitative estimate of drug-likeness (QED) is 0.892. The molecule has 130 valence electrons. The van der Waals surface area contributed by atoms with Gasteiger partial charge in [-0.05, 0) is 28.7 Å². The lowest BCUT2D eigenvalue weighted by Gasteiger charge is -2.30. The molecule has 0 aliphatic carbocycles. The molecule has 0 radical (unpaired) electrons. The number of ether oxygens (including phenoxy) is 1. The van der Waals surface area contributed by atoms with Crippen molar-refractivity contribution in [3.05, 3.63) is 70.8 Å². The molecule has 6 nitrogen and oxygen atoms in total. The Bertz CT molecular complexity index is 776. The molecule has 0 spiro atoms. The molecule has 1 aliphatic heterocycles. The highest BCUT2D eigenvalue weighted by molar-refractivity contribution is 5.76. The molecule has 1 aliphatic rings. The number of hydrogen-bond acceptors (Lipinski definition) is 4. The number of hydrogen-bond donors (Lipinski definition) is 2. The maximum absolute atomic E-state index is 12.3. The summed E-state index contributed by atoms with van der Waals surface area (Å²) >= 11 is 0. The summed E-state index contributed by atoms with van der Waals surface area (Å²) in [5.74, 6) is -1.06. The van der Waals surface area contributed by atoms with Crippen LogP contribution in [0.4, 0.5) is 4.79 Å². The number of benzene rings is 2. The summed E-state index contributed by atoms with van der Waals surface area (Å²) in [6.45, 7) is 1.10. The number of carboxylic acid groups (broad SMARTS) is 1. The summed E-state index contributed by atoms with van der Waals surface area (Å²) in [4.78, 5) is 25.1. The topological polar surface area (TPSA) is 92.9 Å². The molecule has 1 atom stereocenters. The first-order valence-electron chi connectivity index (χ1n) is 8.11. The summed E-state index contributed by atoms with van der Waals surface area (Å²) in [6.07, 6.45) is 0.190. The Balaban J connectivity index is 1.68. The zero-order valence-electron chi connectivity index (χ0n) is 13.7. The Labute approximate surface area is 145 Å². The van der Waals surface area contributed by atoms with Crippen molar-refractivity contribution in [3.63, 3.8) is 0 Å². The SMILES string of the molecule is NC(C(=O)O)c1cccc2c1CCN(C(=O)OCc1ccccc1)C2. The average Bonchev–Trinajstić information content (AvgIpc) is 2.65. The molecule has 0 fully saturated rings. The van der Waals surface area contributed by atoms with Gasteiger partial charge in [0.1, 0.15) is 12.6 Å². The van der Waals surface area contributed by atoms with E-state index in [1.165, 1.54) is 0 Å². The van der Waals surface area contributed by atoms with Gasteiger partial charge in [-0.1, -0.05) is 48.5 Å². The van der Waals surface area contributed by atoms with Crippen molar-refractivity contribution in [1.29, 1.82) is 0 Å². The molecule has 0 aromatic heterocycles. The third-order valence-electron chi connectivity index (χ3n) is 4.37. The van der Waals surface area contributed by atoms with Crippen molar-refractivity contribution in [1.82, 2.24) is 4.90 Å². The first kappa shape index (κ1) is 17.0. The van der Waals surface area contributed by atoms with Crippen molar-refractivity contribution in [2.45, 2.75) is 25.6 Å². The second kappa shape index (κ2) is 7.36. The van der Waals surface area contributed by atoms with Crippen LogP contribution in [0.25, 0.3) is 0 Å². The van der Waals surface area contributed by atoms with Gasteiger partial charge in [0.15, 0.2) is 0 Å². The normalized spacial score (nSPS) is 14.5. The third-order valence-corrected chi connectivity index (χ3v) is 4.37. The number of nitrogens with two attached hydrogens (primary N) is 1. The van der Waals surface area contributed by atoms with Crippen molar-refractivity contribution in [3.8, 4) is 0 Å². The maximum atomic E-state index is 12.3. The number of carboxylic acids is 1. The molecule has 1 unspecified atom stereocenters. The lowest BCUT2D eigenvalue weighted by molar-refractivity contribution is -0.138. The molecule has 2 aromatic carbocycles. The summed E-state index contributed by atoms with van der Waals surface area (Å²) in [6, 6.07) is 13.9. The fraction of sp³-hybridized carbons (Fsp3) is 0.263. The summed E-state index contributed by atoms with van der Waals surface area (Å²) in [5.41, 5.74) is 9.15. The van der Waals surface area contributed by atoms with Crippen LogP contribution in [0.1, 0.15) is 28.3 Å². The van der Waals surface area contributed by atoms with Crippen molar-refractivity contribution in [2.24, 2.45) is 5.73 Å². The molecule has 0 saturated carbocycles. The number of fused-ring (bicyclic) bond motifs is 1. The number of amides is 1. The van der Waals surface area contributed by atoms with Gasteiger partial charge in [-0.15, -0.1) is 0 Å². The van der Waals surface area contributed by atoms with E-state index in [9.17, 15) is 9.59 Å². The Hall–Kier alpha value is -2.86. The minimum absolute atomic E-state index is 0.229. The van der Waals surface area contributed by atoms with E-state index >= 15 is 0 Å². The summed E-state index contributed by atoms with van der Waals surface area (Å²) in [5, 5.41) is 9.15. The van der Waals surface area contributed by atoms with E-state index < -0.39 is 12.0 Å². The van der Waals surface area contributed by atoms with Crippen LogP contribution < -0.4 is 5.73 Å². The minimum Gasteiger partial charge on any atom is -0.480 e. The number of aliphatic carboxylic acids is 1. The number of carbonyl (C=O) groups is 2. The Morgan fingerprint density at radius 2 is 1.92 bits per heavy atom. The summed E-state index contributed by atoms with van der Waals surface area (Å²) < 4.78 is 5.37. The highest BCUT2D eigenvalue weighted by atomic mass is 16.6. The molecule has 1 amide bonds. The fourth-order valence-electron chi connectivity index (χ4n) is 3.03. The maximum Gasteiger partial charge on any atom is 0.410 e. The number of carbonyl (C=O) groups excluding carboxylic acids is 1. The van der Waals surface area contributed by atoms with Crippen LogP contribution in [-0.4, -0.2) is 28.6 Å². The number of nitrogens with zero attached hydrogens (tertiary/aromatic N) is 1. The smallest absolute Gasteiger partial charge is 0.410 e. The first-order valence-corrected chi connectivity index (χ1v) is 8.11. The van der Waals surface area contributed by atoms with E-state index in [1.807, 2.05) is 36.4 Å². The van der Waals surface area contributed by atoms with Crippen LogP contribution in [0.5, 0.6) is 0 Å². The van der Waals surface area contributed by atoms with Gasteiger partial charge in [-0.2, -0.15) is 0 Å². The Morgan fingerprint density at radius 1 is 1.16 bits per heavy atom. The van der Waals surface area contributed by atoms with Crippen LogP contribution in [-0.2, 0) is 29.1 Å². The molecule has 1 heterocycles. The third kappa shape index (κ3) is 3.80. The van der Waals surface area contributed by atoms with Crippen molar-refractivity contribution >= 4 is 12.1 Å². The van der Waals surface area contributed by atoms with Crippen LogP contribution in [0, 0.1) is 0 Å². The highest BCUT2D eigenvalue weighted by Gasteiger charge is 2.26. The zero-order chi connectivity index (χ0) is 17.8. The lowest BCUT2D eigenvalue weighted by Crippen LogP contribution is -2.37. The van der Waals surface area contributed by atoms with Crippen LogP contribution in [0.15, 0.2) is 48.5 Å². The van der Waals surface area contributed by atoms with Gasteiger partial charge in [-0.3, -0.25) is 4.79 Å². The molecule has 0 saturated heterocycles. The second-order valence-corrected chi connectivity index (χ2v) is 6.01. The van der Waals surface area contributed by atoms with Gasteiger partial charge in [0.2, 0.25) is 0 Å². The minimum atomic E-state index is -1.06. The van der Waals surface area contributed by atoms with Crippen molar-refractivity contribution in [2.75, 3.05) is 6.54 Å². The van der Waals surface area contributed by atoms with Crippen LogP contribution in [0.2, 0.25) is 0 Å². The molecular formula is C19H20N2O4. The van der Waals surface area contributed by atoms with E-state index in [4.69, 9.17) is 15.6 Å². The summed E-state index contributed by atoms with van der Waals surface area (Å²) in [7, 11) is 0. The van der Waals surface area contributed by atoms with Gasteiger partial charge in [-0.25, -0.2) is 4.79 Å². The van der Waals surface area contributed by atoms with Crippen LogP contribution in [0.3, 0.4) is 0 Å². The van der Waals surface area contributed by atoms with Gasteiger partial charge in [0, 0.05) is 13.1 Å². The predicted molar refractivity (Wildman–Crippen MR) is 91.7 cm³/mol. The first-order chi connectivity index (χ1) is 12.1. The fourth-order valence-corrected chi connectivity index (χ4v) is 3.03. The van der Waals surface area contributed by atoms with E-state index in [0.717, 1.165) is 16.7 Å². The average molecular weight is 340 g/mol. The van der Waals surface area contributed by atoms with Crippen molar-refractivity contribution < 1.29 is 19.4 Å². The molecule has 3 N–H and O–H groups in total. The Morgan fingerprint density at radius 3 is 2.64 bits per heavy atom. The van der Waals surface area contributed by atoms with Crippen LogP contribution >= 0.6 is 0 Å². The number of rotatable bonds is 4. The molecule has 0 bridgehead atoms. The van der Waals surface area contributed by atoms with Gasteiger partial charge in [0.05, 0.1) is 0 Å². The molecule has 25 heavy (non-hydrogen) atoms. The standard InChI is InChI=1S/C19H20N2O4/c20-17(18(22)23)16-8-4-7-14-11-21(10-9-15(14)16)19(24)25-12-13-5-2-1-3-6-13/h1-8,17H,9-12,20H2,(H,22,23). The predicted octanol–water partition coefficient (Wildman–Crippen LogP) is 2.47. The second-order valence-electron chi connectivity index (χ2n) is 6.01. The van der Waals surface area contributed by atoms with E-state index in [-0.39, 0.29) is 12.7 Å².